The Bertz CT molecular complexity index is 699. The van der Waals surface area contributed by atoms with Crippen LogP contribution in [0.15, 0.2) is 18.2 Å². The van der Waals surface area contributed by atoms with E-state index in [-0.39, 0.29) is 22.0 Å². The van der Waals surface area contributed by atoms with Crippen molar-refractivity contribution in [3.8, 4) is 0 Å². The van der Waals surface area contributed by atoms with E-state index >= 15 is 0 Å². The SMILES string of the molecule is O=C(O)c1sc(Cc2cccc(Cl)c2F)nc1C(F)(F)F. The Hall–Kier alpha value is -1.67. The van der Waals surface area contributed by atoms with Crippen LogP contribution < -0.4 is 0 Å². The minimum Gasteiger partial charge on any atom is -0.477 e. The van der Waals surface area contributed by atoms with Gasteiger partial charge in [-0.1, -0.05) is 23.7 Å². The Kier molecular flexibility index (Phi) is 4.20. The molecule has 0 atom stereocenters. The van der Waals surface area contributed by atoms with E-state index in [4.69, 9.17) is 16.7 Å². The summed E-state index contributed by atoms with van der Waals surface area (Å²) in [6.45, 7) is 0. The van der Waals surface area contributed by atoms with Crippen LogP contribution in [-0.4, -0.2) is 16.1 Å². The minimum atomic E-state index is -4.88. The summed E-state index contributed by atoms with van der Waals surface area (Å²) in [6, 6.07) is 4.08. The second-order valence-electron chi connectivity index (χ2n) is 3.98. The molecule has 0 unspecified atom stereocenters. The van der Waals surface area contributed by atoms with E-state index in [0.717, 1.165) is 0 Å². The van der Waals surface area contributed by atoms with Gasteiger partial charge in [0.25, 0.3) is 0 Å². The van der Waals surface area contributed by atoms with Gasteiger partial charge >= 0.3 is 12.1 Å². The maximum Gasteiger partial charge on any atom is 0.435 e. The molecule has 0 fully saturated rings. The zero-order valence-electron chi connectivity index (χ0n) is 10.0. The summed E-state index contributed by atoms with van der Waals surface area (Å²) >= 11 is 5.94. The van der Waals surface area contributed by atoms with Crippen LogP contribution in [0, 0.1) is 5.82 Å². The molecule has 2 rings (SSSR count). The molecule has 1 N–H and O–H groups in total. The quantitative estimate of drug-likeness (QED) is 0.851. The number of carboxylic acid groups (broad SMARTS) is 1. The first-order valence-electron chi connectivity index (χ1n) is 5.43. The van der Waals surface area contributed by atoms with Gasteiger partial charge in [0, 0.05) is 6.42 Å². The van der Waals surface area contributed by atoms with E-state index in [2.05, 4.69) is 4.98 Å². The van der Waals surface area contributed by atoms with E-state index in [1.807, 2.05) is 0 Å². The van der Waals surface area contributed by atoms with Gasteiger partial charge in [-0.15, -0.1) is 11.3 Å². The van der Waals surface area contributed by atoms with Crippen LogP contribution in [0.1, 0.15) is 25.9 Å². The molecular weight excluding hydrogens is 334 g/mol. The van der Waals surface area contributed by atoms with Crippen LogP contribution in [0.4, 0.5) is 17.6 Å². The van der Waals surface area contributed by atoms with Gasteiger partial charge in [-0.05, 0) is 11.6 Å². The summed E-state index contributed by atoms with van der Waals surface area (Å²) in [5.41, 5.74) is -1.43. The summed E-state index contributed by atoms with van der Waals surface area (Å²) in [4.78, 5) is 13.2. The maximum atomic E-state index is 13.7. The molecule has 2 aromatic rings. The Morgan fingerprint density at radius 1 is 1.38 bits per heavy atom. The van der Waals surface area contributed by atoms with Crippen molar-refractivity contribution < 1.29 is 27.5 Å². The maximum absolute atomic E-state index is 13.7. The molecule has 112 valence electrons. The molecule has 0 saturated heterocycles. The Morgan fingerprint density at radius 3 is 2.57 bits per heavy atom. The van der Waals surface area contributed by atoms with Crippen molar-refractivity contribution in [3.05, 3.63) is 50.2 Å². The first kappa shape index (κ1) is 15.7. The lowest BCUT2D eigenvalue weighted by atomic mass is 10.1. The van der Waals surface area contributed by atoms with Gasteiger partial charge in [0.05, 0.1) is 10.0 Å². The number of hydrogen-bond acceptors (Lipinski definition) is 3. The Morgan fingerprint density at radius 2 is 2.05 bits per heavy atom. The highest BCUT2D eigenvalue weighted by Crippen LogP contribution is 2.35. The summed E-state index contributed by atoms with van der Waals surface area (Å²) in [5.74, 6) is -2.49. The number of alkyl halides is 3. The van der Waals surface area contributed by atoms with Crippen LogP contribution in [0.3, 0.4) is 0 Å². The molecule has 1 aromatic heterocycles. The number of aromatic nitrogens is 1. The van der Waals surface area contributed by atoms with Gasteiger partial charge in [-0.2, -0.15) is 13.2 Å². The number of nitrogens with zero attached hydrogens (tertiary/aromatic N) is 1. The van der Waals surface area contributed by atoms with Crippen LogP contribution in [0.25, 0.3) is 0 Å². The topological polar surface area (TPSA) is 50.2 Å². The van der Waals surface area contributed by atoms with Crippen molar-refractivity contribution in [1.29, 1.82) is 0 Å². The highest BCUT2D eigenvalue weighted by molar-refractivity contribution is 7.13. The van der Waals surface area contributed by atoms with E-state index in [0.29, 0.717) is 11.3 Å². The summed E-state index contributed by atoms with van der Waals surface area (Å²) in [7, 11) is 0. The number of rotatable bonds is 3. The van der Waals surface area contributed by atoms with Gasteiger partial charge in [0.2, 0.25) is 0 Å². The largest absolute Gasteiger partial charge is 0.477 e. The predicted molar refractivity (Wildman–Crippen MR) is 68.3 cm³/mol. The molecule has 0 bridgehead atoms. The fraction of sp³-hybridized carbons (Fsp3) is 0.167. The first-order valence-corrected chi connectivity index (χ1v) is 6.62. The highest BCUT2D eigenvalue weighted by atomic mass is 35.5. The number of aromatic carboxylic acids is 1. The lowest BCUT2D eigenvalue weighted by Crippen LogP contribution is -2.11. The molecule has 1 heterocycles. The minimum absolute atomic E-state index is 0.0434. The third-order valence-electron chi connectivity index (χ3n) is 2.51. The number of halogens is 5. The number of carbonyl (C=O) groups is 1. The van der Waals surface area contributed by atoms with Crippen LogP contribution in [0.5, 0.6) is 0 Å². The van der Waals surface area contributed by atoms with Gasteiger partial charge in [0.15, 0.2) is 5.69 Å². The van der Waals surface area contributed by atoms with E-state index in [9.17, 15) is 22.4 Å². The van der Waals surface area contributed by atoms with E-state index in [1.165, 1.54) is 18.2 Å². The molecule has 3 nitrogen and oxygen atoms in total. The standard InChI is InChI=1S/C12H6ClF4NO2S/c13-6-3-1-2-5(8(6)14)4-7-18-10(12(15,16)17)9(21-7)11(19)20/h1-3H,4H2,(H,19,20). The third-order valence-corrected chi connectivity index (χ3v) is 3.84. The molecular formula is C12H6ClF4NO2S. The normalized spacial score (nSPS) is 11.7. The first-order chi connectivity index (χ1) is 9.70. The number of benzene rings is 1. The van der Waals surface area contributed by atoms with Gasteiger partial charge in [-0.3, -0.25) is 0 Å². The van der Waals surface area contributed by atoms with Crippen LogP contribution >= 0.6 is 22.9 Å². The molecule has 0 saturated carbocycles. The fourth-order valence-electron chi connectivity index (χ4n) is 1.63. The molecule has 0 amide bonds. The lowest BCUT2D eigenvalue weighted by Gasteiger charge is -2.03. The van der Waals surface area contributed by atoms with Crippen molar-refractivity contribution in [2.45, 2.75) is 12.6 Å². The van der Waals surface area contributed by atoms with E-state index < -0.39 is 28.5 Å². The second kappa shape index (κ2) is 5.61. The molecule has 1 aromatic carbocycles. The van der Waals surface area contributed by atoms with Crippen LogP contribution in [-0.2, 0) is 12.6 Å². The fourth-order valence-corrected chi connectivity index (χ4v) is 2.76. The zero-order chi connectivity index (χ0) is 15.8. The highest BCUT2D eigenvalue weighted by Gasteiger charge is 2.39. The summed E-state index contributed by atoms with van der Waals surface area (Å²) < 4.78 is 51.8. The molecule has 0 aliphatic heterocycles. The van der Waals surface area contributed by atoms with E-state index in [1.54, 1.807) is 0 Å². The molecule has 0 aliphatic rings. The molecule has 0 spiro atoms. The lowest BCUT2D eigenvalue weighted by molar-refractivity contribution is -0.141. The van der Waals surface area contributed by atoms with Gasteiger partial charge in [-0.25, -0.2) is 14.2 Å². The second-order valence-corrected chi connectivity index (χ2v) is 5.47. The molecule has 21 heavy (non-hydrogen) atoms. The average Bonchev–Trinajstić information content (AvgIpc) is 2.79. The molecule has 0 aliphatic carbocycles. The summed E-state index contributed by atoms with van der Waals surface area (Å²) in [6.07, 6.45) is -5.15. The van der Waals surface area contributed by atoms with Crippen molar-refractivity contribution in [2.24, 2.45) is 0 Å². The smallest absolute Gasteiger partial charge is 0.435 e. The monoisotopic (exact) mass is 339 g/mol. The number of hydrogen-bond donors (Lipinski definition) is 1. The van der Waals surface area contributed by atoms with Crippen molar-refractivity contribution in [1.82, 2.24) is 4.98 Å². The number of carboxylic acids is 1. The molecule has 0 radical (unpaired) electrons. The van der Waals surface area contributed by atoms with Crippen LogP contribution in [0.2, 0.25) is 5.02 Å². The zero-order valence-corrected chi connectivity index (χ0v) is 11.6. The van der Waals surface area contributed by atoms with Crippen molar-refractivity contribution >= 4 is 28.9 Å². The van der Waals surface area contributed by atoms with Gasteiger partial charge < -0.3 is 5.11 Å². The van der Waals surface area contributed by atoms with Crippen molar-refractivity contribution in [3.63, 3.8) is 0 Å². The predicted octanol–water partition coefficient (Wildman–Crippen LogP) is 4.24. The van der Waals surface area contributed by atoms with Gasteiger partial charge in [0.1, 0.15) is 10.7 Å². The number of thiazole rings is 1. The third kappa shape index (κ3) is 3.33. The summed E-state index contributed by atoms with van der Waals surface area (Å²) in [5, 5.41) is 8.46. The molecule has 9 heteroatoms. The average molecular weight is 340 g/mol. The Balaban J connectivity index is 2.42. The Labute approximate surface area is 124 Å². The van der Waals surface area contributed by atoms with Crippen molar-refractivity contribution in [2.75, 3.05) is 0 Å².